The Morgan fingerprint density at radius 1 is 1.09 bits per heavy atom. The number of rotatable bonds is 5. The van der Waals surface area contributed by atoms with E-state index in [0.29, 0.717) is 17.7 Å². The number of ether oxygens (including phenoxy) is 1. The van der Waals surface area contributed by atoms with Gasteiger partial charge in [-0.15, -0.1) is 11.3 Å². The second-order valence-electron chi connectivity index (χ2n) is 8.27. The number of nitrogens with one attached hydrogen (secondary N) is 2. The number of amides is 2. The molecule has 1 fully saturated rings. The minimum Gasteiger partial charge on any atom is -0.497 e. The molecule has 0 bridgehead atoms. The molecule has 3 heterocycles. The maximum absolute atomic E-state index is 13.5. The summed E-state index contributed by atoms with van der Waals surface area (Å²) in [4.78, 5) is 28.0. The number of fused-ring (bicyclic) bond motifs is 2. The van der Waals surface area contributed by atoms with Crippen LogP contribution >= 0.6 is 11.3 Å². The molecule has 176 valence electrons. The van der Waals surface area contributed by atoms with Crippen LogP contribution in [0.25, 0.3) is 11.1 Å². The van der Waals surface area contributed by atoms with Crippen LogP contribution in [-0.2, 0) is 14.8 Å². The Kier molecular flexibility index (Phi) is 5.88. The number of hydrogen-bond acceptors (Lipinski definition) is 6. The molecule has 2 N–H and O–H groups in total. The fraction of sp³-hybridized carbons (Fsp3) is 0.250. The highest BCUT2D eigenvalue weighted by atomic mass is 32.2. The molecule has 3 aromatic rings. The van der Waals surface area contributed by atoms with Gasteiger partial charge in [0, 0.05) is 12.6 Å². The average molecular weight is 498 g/mol. The standard InChI is InChI=1S/C24H23N3O5S2/c1-32-18-7-4-15(5-8-18)16-6-9-20-19(13-16)24(29)27-11-10-17(14-21(27)23(28)25-20)26-34(30,31)22-3-2-12-33-22/h2-9,12-13,17,21,26H,10-11,14H2,1H3,(H,25,28). The predicted molar refractivity (Wildman–Crippen MR) is 130 cm³/mol. The van der Waals surface area contributed by atoms with E-state index < -0.39 is 22.1 Å². The molecule has 1 saturated heterocycles. The third-order valence-corrected chi connectivity index (χ3v) is 9.10. The van der Waals surface area contributed by atoms with Crippen molar-refractivity contribution >= 4 is 38.9 Å². The van der Waals surface area contributed by atoms with Gasteiger partial charge in [-0.25, -0.2) is 13.1 Å². The second-order valence-corrected chi connectivity index (χ2v) is 11.2. The van der Waals surface area contributed by atoms with Crippen molar-refractivity contribution in [1.29, 1.82) is 0 Å². The fourth-order valence-corrected chi connectivity index (χ4v) is 6.71. The molecular weight excluding hydrogens is 474 g/mol. The van der Waals surface area contributed by atoms with Crippen LogP contribution in [0.3, 0.4) is 0 Å². The Hall–Kier alpha value is -3.21. The lowest BCUT2D eigenvalue weighted by molar-refractivity contribution is -0.121. The smallest absolute Gasteiger partial charge is 0.256 e. The summed E-state index contributed by atoms with van der Waals surface area (Å²) in [6, 6.07) is 14.9. The summed E-state index contributed by atoms with van der Waals surface area (Å²) in [7, 11) is -2.06. The first-order chi connectivity index (χ1) is 16.4. The second kappa shape index (κ2) is 8.86. The van der Waals surface area contributed by atoms with Crippen molar-refractivity contribution in [3.8, 4) is 16.9 Å². The third-order valence-electron chi connectivity index (χ3n) is 6.18. The lowest BCUT2D eigenvalue weighted by Gasteiger charge is -2.37. The maximum atomic E-state index is 13.5. The van der Waals surface area contributed by atoms with Crippen molar-refractivity contribution < 1.29 is 22.7 Å². The average Bonchev–Trinajstić information content (AvgIpc) is 3.37. The molecule has 10 heteroatoms. The van der Waals surface area contributed by atoms with Gasteiger partial charge in [-0.3, -0.25) is 9.59 Å². The van der Waals surface area contributed by atoms with Gasteiger partial charge < -0.3 is 15.0 Å². The molecule has 2 aliphatic heterocycles. The molecule has 2 aliphatic rings. The monoisotopic (exact) mass is 497 g/mol. The molecular formula is C24H23N3O5S2. The molecule has 1 aromatic heterocycles. The third kappa shape index (κ3) is 4.20. The van der Waals surface area contributed by atoms with E-state index in [1.54, 1.807) is 41.7 Å². The summed E-state index contributed by atoms with van der Waals surface area (Å²) in [5.41, 5.74) is 2.64. The van der Waals surface area contributed by atoms with Crippen molar-refractivity contribution in [1.82, 2.24) is 9.62 Å². The van der Waals surface area contributed by atoms with E-state index in [-0.39, 0.29) is 29.0 Å². The number of thiophene rings is 1. The molecule has 0 radical (unpaired) electrons. The van der Waals surface area contributed by atoms with Gasteiger partial charge >= 0.3 is 0 Å². The van der Waals surface area contributed by atoms with Crippen molar-refractivity contribution in [3.63, 3.8) is 0 Å². The Morgan fingerprint density at radius 3 is 2.56 bits per heavy atom. The summed E-state index contributed by atoms with van der Waals surface area (Å²) in [6.07, 6.45) is 0.634. The van der Waals surface area contributed by atoms with E-state index in [4.69, 9.17) is 4.74 Å². The van der Waals surface area contributed by atoms with Crippen LogP contribution in [-0.4, -0.2) is 50.9 Å². The quantitative estimate of drug-likeness (QED) is 0.563. The first-order valence-electron chi connectivity index (χ1n) is 10.8. The van der Waals surface area contributed by atoms with E-state index in [9.17, 15) is 18.0 Å². The van der Waals surface area contributed by atoms with Crippen LogP contribution < -0.4 is 14.8 Å². The Bertz CT molecular complexity index is 1340. The number of carbonyl (C=O) groups excluding carboxylic acids is 2. The highest BCUT2D eigenvalue weighted by molar-refractivity contribution is 7.91. The lowest BCUT2D eigenvalue weighted by Crippen LogP contribution is -2.54. The molecule has 2 aromatic carbocycles. The van der Waals surface area contributed by atoms with Crippen LogP contribution in [0.4, 0.5) is 5.69 Å². The Balaban J connectivity index is 1.39. The zero-order valence-electron chi connectivity index (χ0n) is 18.4. The number of carbonyl (C=O) groups is 2. The predicted octanol–water partition coefficient (Wildman–Crippen LogP) is 3.33. The minimum atomic E-state index is -3.67. The molecule has 5 rings (SSSR count). The van der Waals surface area contributed by atoms with Gasteiger partial charge in [-0.05, 0) is 59.7 Å². The zero-order chi connectivity index (χ0) is 23.9. The topological polar surface area (TPSA) is 105 Å². The first kappa shape index (κ1) is 22.6. The van der Waals surface area contributed by atoms with Crippen LogP contribution in [0.5, 0.6) is 5.75 Å². The van der Waals surface area contributed by atoms with Crippen molar-refractivity contribution in [2.45, 2.75) is 29.1 Å². The normalized spacial score (nSPS) is 20.2. The SMILES string of the molecule is COc1ccc(-c2ccc3c(c2)C(=O)N2CCC(NS(=O)(=O)c4cccs4)CC2C(=O)N3)cc1. The van der Waals surface area contributed by atoms with Gasteiger partial charge in [0.25, 0.3) is 5.91 Å². The van der Waals surface area contributed by atoms with Crippen molar-refractivity contribution in [2.75, 3.05) is 19.0 Å². The van der Waals surface area contributed by atoms with E-state index in [2.05, 4.69) is 10.0 Å². The fourth-order valence-electron chi connectivity index (χ4n) is 4.42. The summed E-state index contributed by atoms with van der Waals surface area (Å²) in [5, 5.41) is 4.56. The number of anilines is 1. The summed E-state index contributed by atoms with van der Waals surface area (Å²) in [6.45, 7) is 0.279. The Morgan fingerprint density at radius 2 is 1.85 bits per heavy atom. The summed E-state index contributed by atoms with van der Waals surface area (Å²) < 4.78 is 33.4. The van der Waals surface area contributed by atoms with Gasteiger partial charge in [0.1, 0.15) is 16.0 Å². The van der Waals surface area contributed by atoms with Crippen LogP contribution in [0.15, 0.2) is 64.2 Å². The van der Waals surface area contributed by atoms with E-state index in [1.807, 2.05) is 30.3 Å². The zero-order valence-corrected chi connectivity index (χ0v) is 20.0. The molecule has 34 heavy (non-hydrogen) atoms. The van der Waals surface area contributed by atoms with Gasteiger partial charge in [-0.1, -0.05) is 24.3 Å². The van der Waals surface area contributed by atoms with E-state index in [0.717, 1.165) is 28.2 Å². The van der Waals surface area contributed by atoms with Crippen LogP contribution in [0.1, 0.15) is 23.2 Å². The molecule has 2 unspecified atom stereocenters. The van der Waals surface area contributed by atoms with Crippen LogP contribution in [0.2, 0.25) is 0 Å². The highest BCUT2D eigenvalue weighted by Crippen LogP contribution is 2.32. The number of methoxy groups -OCH3 is 1. The maximum Gasteiger partial charge on any atom is 0.256 e. The molecule has 0 spiro atoms. The first-order valence-corrected chi connectivity index (χ1v) is 13.2. The minimum absolute atomic E-state index is 0.210. The number of benzene rings is 2. The Labute approximate surface area is 201 Å². The van der Waals surface area contributed by atoms with Crippen molar-refractivity contribution in [3.05, 3.63) is 65.5 Å². The largest absolute Gasteiger partial charge is 0.497 e. The molecule has 2 amide bonds. The number of nitrogens with zero attached hydrogens (tertiary/aromatic N) is 1. The summed E-state index contributed by atoms with van der Waals surface area (Å²) in [5.74, 6) is 0.180. The molecule has 8 nitrogen and oxygen atoms in total. The van der Waals surface area contributed by atoms with Crippen LogP contribution in [0, 0.1) is 0 Å². The van der Waals surface area contributed by atoms with Gasteiger partial charge in [0.15, 0.2) is 0 Å². The summed E-state index contributed by atoms with van der Waals surface area (Å²) >= 11 is 1.14. The van der Waals surface area contributed by atoms with Gasteiger partial charge in [-0.2, -0.15) is 0 Å². The molecule has 0 aliphatic carbocycles. The van der Waals surface area contributed by atoms with Crippen molar-refractivity contribution in [2.24, 2.45) is 0 Å². The number of piperidine rings is 1. The van der Waals surface area contributed by atoms with Gasteiger partial charge in [0.2, 0.25) is 15.9 Å². The molecule has 0 saturated carbocycles. The van der Waals surface area contributed by atoms with Gasteiger partial charge in [0.05, 0.1) is 18.4 Å². The molecule has 2 atom stereocenters. The lowest BCUT2D eigenvalue weighted by atomic mass is 9.96. The number of hydrogen-bond donors (Lipinski definition) is 2. The van der Waals surface area contributed by atoms with E-state index in [1.165, 1.54) is 0 Å². The highest BCUT2D eigenvalue weighted by Gasteiger charge is 2.41. The van der Waals surface area contributed by atoms with E-state index >= 15 is 0 Å². The number of sulfonamides is 1.